The van der Waals surface area contributed by atoms with E-state index in [1.807, 2.05) is 32.9 Å². The number of ether oxygens (including phenoxy) is 1. The van der Waals surface area contributed by atoms with Crippen molar-refractivity contribution in [3.05, 3.63) is 29.8 Å². The van der Waals surface area contributed by atoms with Crippen LogP contribution in [0, 0.1) is 11.3 Å². The average molecular weight is 287 g/mol. The summed E-state index contributed by atoms with van der Waals surface area (Å²) in [5.74, 6) is 0. The second kappa shape index (κ2) is 6.04. The molecule has 112 valence electrons. The van der Waals surface area contributed by atoms with Gasteiger partial charge in [0.15, 0.2) is 0 Å². The molecule has 5 nitrogen and oxygen atoms in total. The maximum atomic E-state index is 12.0. The Kier molecular flexibility index (Phi) is 4.37. The summed E-state index contributed by atoms with van der Waals surface area (Å²) in [6.45, 7) is 6.94. The van der Waals surface area contributed by atoms with Gasteiger partial charge in [0.25, 0.3) is 0 Å². The zero-order chi connectivity index (χ0) is 15.5. The number of nitrogens with one attached hydrogen (secondary N) is 1. The maximum Gasteiger partial charge on any atom is 0.410 e. The zero-order valence-electron chi connectivity index (χ0n) is 12.7. The summed E-state index contributed by atoms with van der Waals surface area (Å²) in [6, 6.07) is 9.64. The zero-order valence-corrected chi connectivity index (χ0v) is 12.7. The molecule has 1 N–H and O–H groups in total. The molecule has 1 aromatic carbocycles. The van der Waals surface area contributed by atoms with E-state index in [1.54, 1.807) is 17.0 Å². The molecule has 1 heterocycles. The molecule has 0 unspecified atom stereocenters. The number of nitrogens with zero attached hydrogens (tertiary/aromatic N) is 2. The lowest BCUT2D eigenvalue weighted by molar-refractivity contribution is 0.0293. The molecule has 1 aliphatic heterocycles. The topological polar surface area (TPSA) is 65.4 Å². The highest BCUT2D eigenvalue weighted by molar-refractivity contribution is 5.68. The van der Waals surface area contributed by atoms with Crippen molar-refractivity contribution >= 4 is 11.8 Å². The lowest BCUT2D eigenvalue weighted by Crippen LogP contribution is -2.36. The van der Waals surface area contributed by atoms with E-state index >= 15 is 0 Å². The fraction of sp³-hybridized carbons (Fsp3) is 0.500. The Labute approximate surface area is 125 Å². The molecule has 2 rings (SSSR count). The van der Waals surface area contributed by atoms with E-state index in [-0.39, 0.29) is 12.1 Å². The molecule has 0 spiro atoms. The number of benzene rings is 1. The quantitative estimate of drug-likeness (QED) is 0.908. The highest BCUT2D eigenvalue weighted by atomic mass is 16.6. The Bertz CT molecular complexity index is 540. The summed E-state index contributed by atoms with van der Waals surface area (Å²) >= 11 is 0. The number of hydrogen-bond acceptors (Lipinski definition) is 4. The SMILES string of the molecule is CC(C)(C)OC(=O)N1CC[C@@H](Nc2ccc(C#N)cc2)C1. The number of likely N-dealkylation sites (tertiary alicyclic amines) is 1. The van der Waals surface area contributed by atoms with Gasteiger partial charge in [-0.05, 0) is 51.5 Å². The molecule has 0 aromatic heterocycles. The van der Waals surface area contributed by atoms with Gasteiger partial charge in [0.2, 0.25) is 0 Å². The van der Waals surface area contributed by atoms with E-state index in [2.05, 4.69) is 11.4 Å². The first-order chi connectivity index (χ1) is 9.87. The van der Waals surface area contributed by atoms with Crippen LogP contribution in [0.3, 0.4) is 0 Å². The van der Waals surface area contributed by atoms with Crippen molar-refractivity contribution in [2.45, 2.75) is 38.8 Å². The van der Waals surface area contributed by atoms with Crippen LogP contribution in [0.5, 0.6) is 0 Å². The summed E-state index contributed by atoms with van der Waals surface area (Å²) in [7, 11) is 0. The van der Waals surface area contributed by atoms with Crippen LogP contribution in [0.4, 0.5) is 10.5 Å². The molecule has 1 aromatic rings. The summed E-state index contributed by atoms with van der Waals surface area (Å²) in [4.78, 5) is 13.7. The summed E-state index contributed by atoms with van der Waals surface area (Å²) in [6.07, 6.45) is 0.630. The Morgan fingerprint density at radius 2 is 2.05 bits per heavy atom. The van der Waals surface area contributed by atoms with Crippen molar-refractivity contribution in [3.8, 4) is 6.07 Å². The van der Waals surface area contributed by atoms with Crippen molar-refractivity contribution in [2.75, 3.05) is 18.4 Å². The lowest BCUT2D eigenvalue weighted by atomic mass is 10.2. The van der Waals surface area contributed by atoms with Crippen LogP contribution in [0.1, 0.15) is 32.8 Å². The highest BCUT2D eigenvalue weighted by Crippen LogP contribution is 2.19. The van der Waals surface area contributed by atoms with E-state index in [9.17, 15) is 4.79 Å². The molecule has 0 radical (unpaired) electrons. The number of rotatable bonds is 2. The molecule has 0 aliphatic carbocycles. The molecule has 1 fully saturated rings. The van der Waals surface area contributed by atoms with Gasteiger partial charge in [0, 0.05) is 24.8 Å². The predicted molar refractivity (Wildman–Crippen MR) is 81.0 cm³/mol. The molecule has 5 heteroatoms. The molecule has 0 bridgehead atoms. The standard InChI is InChI=1S/C16H21N3O2/c1-16(2,3)21-15(20)19-9-8-14(11-19)18-13-6-4-12(10-17)5-7-13/h4-7,14,18H,8-9,11H2,1-3H3/t14-/m1/s1. The molecule has 0 saturated carbocycles. The fourth-order valence-corrected chi connectivity index (χ4v) is 2.25. The Morgan fingerprint density at radius 1 is 1.38 bits per heavy atom. The van der Waals surface area contributed by atoms with Crippen LogP contribution < -0.4 is 5.32 Å². The van der Waals surface area contributed by atoms with Crippen molar-refractivity contribution in [1.29, 1.82) is 5.26 Å². The van der Waals surface area contributed by atoms with E-state index in [0.29, 0.717) is 18.7 Å². The second-order valence-corrected chi connectivity index (χ2v) is 6.25. The first-order valence-corrected chi connectivity index (χ1v) is 7.12. The molecule has 1 atom stereocenters. The van der Waals surface area contributed by atoms with Gasteiger partial charge in [0.1, 0.15) is 5.60 Å². The minimum atomic E-state index is -0.463. The fourth-order valence-electron chi connectivity index (χ4n) is 2.25. The number of nitriles is 1. The summed E-state index contributed by atoms with van der Waals surface area (Å²) in [5, 5.41) is 12.2. The van der Waals surface area contributed by atoms with Gasteiger partial charge in [-0.15, -0.1) is 0 Å². The molecular formula is C16H21N3O2. The van der Waals surface area contributed by atoms with Gasteiger partial charge in [-0.3, -0.25) is 0 Å². The van der Waals surface area contributed by atoms with Crippen LogP contribution in [0.2, 0.25) is 0 Å². The molecule has 1 amide bonds. The predicted octanol–water partition coefficient (Wildman–Crippen LogP) is 2.98. The number of amides is 1. The number of hydrogen-bond donors (Lipinski definition) is 1. The van der Waals surface area contributed by atoms with Crippen molar-refractivity contribution < 1.29 is 9.53 Å². The molecular weight excluding hydrogens is 266 g/mol. The van der Waals surface area contributed by atoms with Crippen molar-refractivity contribution in [2.24, 2.45) is 0 Å². The molecule has 1 saturated heterocycles. The largest absolute Gasteiger partial charge is 0.444 e. The van der Waals surface area contributed by atoms with Gasteiger partial charge in [-0.2, -0.15) is 5.26 Å². The smallest absolute Gasteiger partial charge is 0.410 e. The third kappa shape index (κ3) is 4.38. The van der Waals surface area contributed by atoms with Gasteiger partial charge in [0.05, 0.1) is 11.6 Å². The van der Waals surface area contributed by atoms with Crippen LogP contribution in [-0.2, 0) is 4.74 Å². The molecule has 1 aliphatic rings. The number of anilines is 1. The van der Waals surface area contributed by atoms with Crippen LogP contribution in [0.25, 0.3) is 0 Å². The van der Waals surface area contributed by atoms with Gasteiger partial charge < -0.3 is 15.0 Å². The maximum absolute atomic E-state index is 12.0. The van der Waals surface area contributed by atoms with Gasteiger partial charge >= 0.3 is 6.09 Å². The highest BCUT2D eigenvalue weighted by Gasteiger charge is 2.29. The number of carbonyl (C=O) groups excluding carboxylic acids is 1. The first kappa shape index (κ1) is 15.2. The van der Waals surface area contributed by atoms with Crippen molar-refractivity contribution in [1.82, 2.24) is 4.90 Å². The number of carbonyl (C=O) groups is 1. The second-order valence-electron chi connectivity index (χ2n) is 6.25. The average Bonchev–Trinajstić information content (AvgIpc) is 2.86. The van der Waals surface area contributed by atoms with Crippen LogP contribution in [-0.4, -0.2) is 35.7 Å². The van der Waals surface area contributed by atoms with E-state index in [1.165, 1.54) is 0 Å². The van der Waals surface area contributed by atoms with Crippen molar-refractivity contribution in [3.63, 3.8) is 0 Å². The van der Waals surface area contributed by atoms with Gasteiger partial charge in [-0.25, -0.2) is 4.79 Å². The minimum Gasteiger partial charge on any atom is -0.444 e. The monoisotopic (exact) mass is 287 g/mol. The Hall–Kier alpha value is -2.22. The van der Waals surface area contributed by atoms with Crippen LogP contribution >= 0.6 is 0 Å². The lowest BCUT2D eigenvalue weighted by Gasteiger charge is -2.24. The summed E-state index contributed by atoms with van der Waals surface area (Å²) < 4.78 is 5.37. The van der Waals surface area contributed by atoms with Gasteiger partial charge in [-0.1, -0.05) is 0 Å². The third-order valence-corrected chi connectivity index (χ3v) is 3.22. The summed E-state index contributed by atoms with van der Waals surface area (Å²) in [5.41, 5.74) is 1.14. The van der Waals surface area contributed by atoms with E-state index < -0.39 is 5.60 Å². The Morgan fingerprint density at radius 3 is 2.62 bits per heavy atom. The minimum absolute atomic E-state index is 0.213. The first-order valence-electron chi connectivity index (χ1n) is 7.12. The Balaban J connectivity index is 1.87. The van der Waals surface area contributed by atoms with E-state index in [4.69, 9.17) is 10.00 Å². The third-order valence-electron chi connectivity index (χ3n) is 3.22. The van der Waals surface area contributed by atoms with Crippen LogP contribution in [0.15, 0.2) is 24.3 Å². The normalized spacial score (nSPS) is 18.2. The van der Waals surface area contributed by atoms with E-state index in [0.717, 1.165) is 12.1 Å². The molecule has 21 heavy (non-hydrogen) atoms.